The van der Waals surface area contributed by atoms with E-state index in [2.05, 4.69) is 26.5 Å². The Morgan fingerprint density at radius 2 is 2.08 bits per heavy atom. The molecule has 3 heteroatoms. The lowest BCUT2D eigenvalue weighted by atomic mass is 10.1. The first kappa shape index (κ1) is 12.8. The van der Waals surface area contributed by atoms with Gasteiger partial charge in [-0.15, -0.1) is 0 Å². The van der Waals surface area contributed by atoms with Crippen molar-refractivity contribution in [1.29, 1.82) is 0 Å². The van der Waals surface area contributed by atoms with Crippen LogP contribution in [0.4, 0.5) is 0 Å². The van der Waals surface area contributed by atoms with Gasteiger partial charge in [0, 0.05) is 11.2 Å². The third-order valence-corrected chi connectivity index (χ3v) is 2.66. The molecule has 0 aromatic carbocycles. The Labute approximate surface area is 86.5 Å². The molecule has 1 atom stereocenters. The summed E-state index contributed by atoms with van der Waals surface area (Å²) >= 11 is 4.45. The predicted molar refractivity (Wildman–Crippen MR) is 58.2 cm³/mol. The number of esters is 1. The summed E-state index contributed by atoms with van der Waals surface area (Å²) in [4.78, 5) is 11.0. The first-order chi connectivity index (χ1) is 6.02. The van der Waals surface area contributed by atoms with Crippen LogP contribution in [0.1, 0.15) is 46.5 Å². The minimum atomic E-state index is -0.0947. The summed E-state index contributed by atoms with van der Waals surface area (Å²) in [6.45, 7) is 6.60. The molecule has 0 aromatic rings. The molecule has 1 unspecified atom stereocenters. The Kier molecular flexibility index (Phi) is 6.21. The lowest BCUT2D eigenvalue weighted by Crippen LogP contribution is -2.19. The van der Waals surface area contributed by atoms with E-state index in [4.69, 9.17) is 4.74 Å². The molecule has 0 spiro atoms. The van der Waals surface area contributed by atoms with Crippen LogP contribution in [0.5, 0.6) is 0 Å². The first-order valence-electron chi connectivity index (χ1n) is 4.90. The molecular formula is C10H20O2S. The lowest BCUT2D eigenvalue weighted by Gasteiger charge is -2.20. The van der Waals surface area contributed by atoms with Crippen molar-refractivity contribution in [3.8, 4) is 0 Å². The van der Waals surface area contributed by atoms with Gasteiger partial charge >= 0.3 is 5.97 Å². The number of carbonyl (C=O) groups is 1. The summed E-state index contributed by atoms with van der Waals surface area (Å²) in [5, 5.41) is 0. The van der Waals surface area contributed by atoms with Gasteiger partial charge in [0.25, 0.3) is 0 Å². The number of hydrogen-bond acceptors (Lipinski definition) is 3. The van der Waals surface area contributed by atoms with Gasteiger partial charge in [-0.25, -0.2) is 0 Å². The van der Waals surface area contributed by atoms with Crippen molar-refractivity contribution >= 4 is 18.6 Å². The number of carbonyl (C=O) groups excluding carboxylic acids is 1. The van der Waals surface area contributed by atoms with Crippen LogP contribution in [-0.2, 0) is 9.53 Å². The zero-order chi connectivity index (χ0) is 10.3. The molecular weight excluding hydrogens is 184 g/mol. The molecule has 0 N–H and O–H groups in total. The van der Waals surface area contributed by atoms with Gasteiger partial charge in [0.05, 0.1) is 6.61 Å². The van der Waals surface area contributed by atoms with Crippen molar-refractivity contribution in [2.24, 2.45) is 0 Å². The Bertz CT molecular complexity index is 155. The number of hydrogen-bond donors (Lipinski definition) is 1. The van der Waals surface area contributed by atoms with Crippen LogP contribution in [0.25, 0.3) is 0 Å². The van der Waals surface area contributed by atoms with Crippen LogP contribution in [-0.4, -0.2) is 17.3 Å². The van der Waals surface area contributed by atoms with Crippen LogP contribution < -0.4 is 0 Å². The van der Waals surface area contributed by atoms with Crippen molar-refractivity contribution in [3.05, 3.63) is 0 Å². The van der Waals surface area contributed by atoms with E-state index < -0.39 is 0 Å². The minimum absolute atomic E-state index is 0.00745. The predicted octanol–water partition coefficient (Wildman–Crippen LogP) is 2.82. The van der Waals surface area contributed by atoms with Crippen molar-refractivity contribution in [2.75, 3.05) is 6.61 Å². The Morgan fingerprint density at radius 3 is 2.54 bits per heavy atom. The normalized spacial score (nSPS) is 15.1. The van der Waals surface area contributed by atoms with Crippen LogP contribution >= 0.6 is 12.6 Å². The molecule has 0 amide bonds. The lowest BCUT2D eigenvalue weighted by molar-refractivity contribution is -0.143. The van der Waals surface area contributed by atoms with E-state index in [-0.39, 0.29) is 10.7 Å². The fourth-order valence-corrected chi connectivity index (χ4v) is 0.929. The number of rotatable bonds is 6. The minimum Gasteiger partial charge on any atom is -0.466 e. The molecule has 78 valence electrons. The van der Waals surface area contributed by atoms with E-state index in [1.807, 2.05) is 6.92 Å². The third kappa shape index (κ3) is 6.94. The second-order valence-corrected chi connectivity index (χ2v) is 4.65. The summed E-state index contributed by atoms with van der Waals surface area (Å²) in [6, 6.07) is 0. The molecule has 2 nitrogen and oxygen atoms in total. The van der Waals surface area contributed by atoms with Crippen molar-refractivity contribution in [1.82, 2.24) is 0 Å². The third-order valence-electron chi connectivity index (χ3n) is 2.12. The van der Waals surface area contributed by atoms with Gasteiger partial charge in [-0.05, 0) is 19.3 Å². The molecule has 0 aliphatic rings. The van der Waals surface area contributed by atoms with Crippen molar-refractivity contribution < 1.29 is 9.53 Å². The molecule has 0 heterocycles. The largest absolute Gasteiger partial charge is 0.466 e. The average molecular weight is 204 g/mol. The fraction of sp³-hybridized carbons (Fsp3) is 0.900. The van der Waals surface area contributed by atoms with Gasteiger partial charge in [0.15, 0.2) is 0 Å². The van der Waals surface area contributed by atoms with E-state index in [1.165, 1.54) is 0 Å². The molecule has 0 rings (SSSR count). The Hall–Kier alpha value is -0.180. The zero-order valence-electron chi connectivity index (χ0n) is 8.80. The summed E-state index contributed by atoms with van der Waals surface area (Å²) in [5.74, 6) is -0.0947. The molecule has 0 fully saturated rings. The summed E-state index contributed by atoms with van der Waals surface area (Å²) in [7, 11) is 0. The van der Waals surface area contributed by atoms with Crippen LogP contribution in [0.3, 0.4) is 0 Å². The topological polar surface area (TPSA) is 26.3 Å². The highest BCUT2D eigenvalue weighted by Gasteiger charge is 2.16. The number of ether oxygens (including phenoxy) is 1. The summed E-state index contributed by atoms with van der Waals surface area (Å²) in [5.41, 5.74) is 0. The Morgan fingerprint density at radius 1 is 1.46 bits per heavy atom. The average Bonchev–Trinajstić information content (AvgIpc) is 2.05. The summed E-state index contributed by atoms with van der Waals surface area (Å²) in [6.07, 6.45) is 3.18. The molecule has 13 heavy (non-hydrogen) atoms. The van der Waals surface area contributed by atoms with Crippen LogP contribution in [0, 0.1) is 0 Å². The standard InChI is InChI=1S/C10H20O2S/c1-4-6-9(11)12-8-7-10(3,13)5-2/h13H,4-8H2,1-3H3. The molecule has 0 saturated heterocycles. The second-order valence-electron chi connectivity index (χ2n) is 3.57. The van der Waals surface area contributed by atoms with E-state index in [9.17, 15) is 4.79 Å². The monoisotopic (exact) mass is 204 g/mol. The molecule has 0 aliphatic carbocycles. The van der Waals surface area contributed by atoms with Gasteiger partial charge < -0.3 is 4.74 Å². The maximum atomic E-state index is 11.0. The van der Waals surface area contributed by atoms with Crippen molar-refractivity contribution in [2.45, 2.75) is 51.2 Å². The van der Waals surface area contributed by atoms with Gasteiger partial charge in [0.2, 0.25) is 0 Å². The van der Waals surface area contributed by atoms with Crippen molar-refractivity contribution in [3.63, 3.8) is 0 Å². The zero-order valence-corrected chi connectivity index (χ0v) is 9.69. The van der Waals surface area contributed by atoms with Crippen LogP contribution in [0.2, 0.25) is 0 Å². The quantitative estimate of drug-likeness (QED) is 0.532. The smallest absolute Gasteiger partial charge is 0.305 e. The van der Waals surface area contributed by atoms with Crippen LogP contribution in [0.15, 0.2) is 0 Å². The maximum Gasteiger partial charge on any atom is 0.305 e. The molecule has 0 aliphatic heterocycles. The SMILES string of the molecule is CCCC(=O)OCCC(C)(S)CC. The summed E-state index contributed by atoms with van der Waals surface area (Å²) < 4.78 is 5.02. The molecule has 0 aromatic heterocycles. The number of thiol groups is 1. The van der Waals surface area contributed by atoms with E-state index in [0.29, 0.717) is 13.0 Å². The second kappa shape index (κ2) is 6.30. The van der Waals surface area contributed by atoms with E-state index in [0.717, 1.165) is 19.3 Å². The highest BCUT2D eigenvalue weighted by molar-refractivity contribution is 7.81. The van der Waals surface area contributed by atoms with Gasteiger partial charge in [-0.2, -0.15) is 12.6 Å². The maximum absolute atomic E-state index is 11.0. The van der Waals surface area contributed by atoms with Gasteiger partial charge in [0.1, 0.15) is 0 Å². The fourth-order valence-electron chi connectivity index (χ4n) is 0.838. The Balaban J connectivity index is 3.50. The van der Waals surface area contributed by atoms with Gasteiger partial charge in [-0.1, -0.05) is 20.8 Å². The molecule has 0 saturated carbocycles. The molecule has 0 radical (unpaired) electrons. The van der Waals surface area contributed by atoms with Gasteiger partial charge in [-0.3, -0.25) is 4.79 Å². The first-order valence-corrected chi connectivity index (χ1v) is 5.34. The van der Waals surface area contributed by atoms with E-state index in [1.54, 1.807) is 0 Å². The molecule has 0 bridgehead atoms. The van der Waals surface area contributed by atoms with E-state index >= 15 is 0 Å². The highest BCUT2D eigenvalue weighted by Crippen LogP contribution is 2.22. The highest BCUT2D eigenvalue weighted by atomic mass is 32.1.